The fraction of sp³-hybridized carbons (Fsp3) is 0.259. The van der Waals surface area contributed by atoms with Crippen molar-refractivity contribution in [1.29, 1.82) is 0 Å². The highest BCUT2D eigenvalue weighted by molar-refractivity contribution is 7.14. The number of thiazole rings is 1. The monoisotopic (exact) mass is 500 g/mol. The van der Waals surface area contributed by atoms with Gasteiger partial charge in [-0.25, -0.2) is 15.0 Å². The SMILES string of the molecule is CCc1nc(-c2ccccc2)c(Oc2ccnc(Nc3ccc(C(=O)N4CCC(NC)C4)cn3)c2)s1. The number of ether oxygens (including phenoxy) is 1. The first kappa shape index (κ1) is 23.9. The van der Waals surface area contributed by atoms with Crippen LogP contribution in [0.3, 0.4) is 0 Å². The predicted molar refractivity (Wildman–Crippen MR) is 142 cm³/mol. The van der Waals surface area contributed by atoms with Crippen molar-refractivity contribution in [3.63, 3.8) is 0 Å². The van der Waals surface area contributed by atoms with E-state index in [4.69, 9.17) is 9.72 Å². The smallest absolute Gasteiger partial charge is 0.255 e. The summed E-state index contributed by atoms with van der Waals surface area (Å²) in [5, 5.41) is 8.20. The van der Waals surface area contributed by atoms with E-state index in [0.29, 0.717) is 29.0 Å². The van der Waals surface area contributed by atoms with E-state index < -0.39 is 0 Å². The van der Waals surface area contributed by atoms with E-state index in [2.05, 4.69) is 27.5 Å². The molecule has 9 heteroatoms. The van der Waals surface area contributed by atoms with E-state index in [0.717, 1.165) is 47.3 Å². The summed E-state index contributed by atoms with van der Waals surface area (Å²) in [6, 6.07) is 17.6. The number of rotatable bonds is 8. The van der Waals surface area contributed by atoms with Gasteiger partial charge in [0.2, 0.25) is 5.06 Å². The van der Waals surface area contributed by atoms with Gasteiger partial charge in [-0.05, 0) is 38.1 Å². The second-order valence-electron chi connectivity index (χ2n) is 8.52. The van der Waals surface area contributed by atoms with Gasteiger partial charge in [0.1, 0.15) is 23.1 Å². The number of aromatic nitrogens is 3. The van der Waals surface area contributed by atoms with E-state index in [-0.39, 0.29) is 5.91 Å². The van der Waals surface area contributed by atoms with Crippen molar-refractivity contribution in [2.24, 2.45) is 0 Å². The van der Waals surface area contributed by atoms with Crippen LogP contribution in [0.15, 0.2) is 67.0 Å². The number of hydrogen-bond donors (Lipinski definition) is 2. The number of amides is 1. The molecule has 1 aliphatic rings. The van der Waals surface area contributed by atoms with Gasteiger partial charge in [-0.2, -0.15) is 0 Å². The van der Waals surface area contributed by atoms with Crippen LogP contribution in [0, 0.1) is 0 Å². The van der Waals surface area contributed by atoms with Crippen LogP contribution in [-0.2, 0) is 6.42 Å². The average Bonchev–Trinajstić information content (AvgIpc) is 3.57. The Balaban J connectivity index is 1.28. The summed E-state index contributed by atoms with van der Waals surface area (Å²) >= 11 is 1.55. The molecule has 1 aliphatic heterocycles. The van der Waals surface area contributed by atoms with Gasteiger partial charge in [0.05, 0.1) is 10.6 Å². The topological polar surface area (TPSA) is 92.3 Å². The van der Waals surface area contributed by atoms with Crippen molar-refractivity contribution in [1.82, 2.24) is 25.2 Å². The molecule has 4 aromatic rings. The minimum Gasteiger partial charge on any atom is -0.444 e. The Morgan fingerprint density at radius 2 is 2.00 bits per heavy atom. The maximum absolute atomic E-state index is 12.8. The molecular formula is C27H28N6O2S. The fourth-order valence-corrected chi connectivity index (χ4v) is 4.98. The van der Waals surface area contributed by atoms with Crippen LogP contribution < -0.4 is 15.4 Å². The van der Waals surface area contributed by atoms with Crippen LogP contribution in [-0.4, -0.2) is 51.9 Å². The summed E-state index contributed by atoms with van der Waals surface area (Å²) in [4.78, 5) is 28.2. The van der Waals surface area contributed by atoms with Crippen molar-refractivity contribution >= 4 is 28.9 Å². The number of likely N-dealkylation sites (tertiary alicyclic amines) is 1. The van der Waals surface area contributed by atoms with Crippen molar-refractivity contribution < 1.29 is 9.53 Å². The molecule has 3 aromatic heterocycles. The summed E-state index contributed by atoms with van der Waals surface area (Å²) in [6.07, 6.45) is 5.10. The van der Waals surface area contributed by atoms with Crippen LogP contribution in [0.1, 0.15) is 28.7 Å². The van der Waals surface area contributed by atoms with E-state index >= 15 is 0 Å². The number of pyridine rings is 2. The second kappa shape index (κ2) is 10.8. The Labute approximate surface area is 214 Å². The number of likely N-dealkylation sites (N-methyl/N-ethyl adjacent to an activating group) is 1. The van der Waals surface area contributed by atoms with Crippen LogP contribution >= 0.6 is 11.3 Å². The number of aryl methyl sites for hydroxylation is 1. The minimum absolute atomic E-state index is 0.00514. The molecule has 36 heavy (non-hydrogen) atoms. The Morgan fingerprint density at radius 1 is 1.14 bits per heavy atom. The molecule has 0 aliphatic carbocycles. The molecule has 5 rings (SSSR count). The zero-order valence-corrected chi connectivity index (χ0v) is 21.1. The molecule has 0 bridgehead atoms. The standard InChI is InChI=1S/C27H28N6O2S/c1-3-24-32-25(18-7-5-4-6-8-18)27(36-24)35-21-11-13-29-23(15-21)31-22-10-9-19(16-30-22)26(34)33-14-12-20(17-33)28-2/h4-11,13,15-16,20,28H,3,12,14,17H2,1-2H3,(H,29,30,31). The Morgan fingerprint density at radius 3 is 2.72 bits per heavy atom. The highest BCUT2D eigenvalue weighted by Gasteiger charge is 2.26. The normalized spacial score (nSPS) is 15.2. The largest absolute Gasteiger partial charge is 0.444 e. The number of carbonyl (C=O) groups is 1. The highest BCUT2D eigenvalue weighted by Crippen LogP contribution is 2.38. The van der Waals surface area contributed by atoms with Gasteiger partial charge in [0.25, 0.3) is 5.91 Å². The third-order valence-electron chi connectivity index (χ3n) is 6.08. The molecule has 0 spiro atoms. The molecule has 1 fully saturated rings. The molecule has 1 saturated heterocycles. The lowest BCUT2D eigenvalue weighted by Crippen LogP contribution is -2.33. The van der Waals surface area contributed by atoms with Gasteiger partial charge in [-0.15, -0.1) is 0 Å². The molecule has 8 nitrogen and oxygen atoms in total. The first-order chi connectivity index (χ1) is 17.6. The van der Waals surface area contributed by atoms with Crippen LogP contribution in [0.5, 0.6) is 10.8 Å². The molecule has 1 unspecified atom stereocenters. The maximum atomic E-state index is 12.8. The molecule has 0 radical (unpaired) electrons. The Kier molecular flexibility index (Phi) is 7.20. The number of benzene rings is 1. The maximum Gasteiger partial charge on any atom is 0.255 e. The fourth-order valence-electron chi connectivity index (χ4n) is 4.09. The Hall–Kier alpha value is -3.82. The van der Waals surface area contributed by atoms with Gasteiger partial charge in [-0.3, -0.25) is 4.79 Å². The zero-order valence-electron chi connectivity index (χ0n) is 20.3. The lowest BCUT2D eigenvalue weighted by Gasteiger charge is -2.16. The molecule has 184 valence electrons. The average molecular weight is 501 g/mol. The number of hydrogen-bond acceptors (Lipinski definition) is 8. The van der Waals surface area contributed by atoms with Crippen molar-refractivity contribution in [3.05, 3.63) is 77.6 Å². The summed E-state index contributed by atoms with van der Waals surface area (Å²) in [5.74, 6) is 1.85. The molecule has 0 saturated carbocycles. The third kappa shape index (κ3) is 5.37. The molecule has 2 N–H and O–H groups in total. The predicted octanol–water partition coefficient (Wildman–Crippen LogP) is 5.13. The van der Waals surface area contributed by atoms with Crippen molar-refractivity contribution in [2.45, 2.75) is 25.8 Å². The van der Waals surface area contributed by atoms with E-state index in [1.165, 1.54) is 0 Å². The van der Waals surface area contributed by atoms with Crippen LogP contribution in [0.4, 0.5) is 11.6 Å². The molecule has 1 amide bonds. The number of nitrogens with one attached hydrogen (secondary N) is 2. The van der Waals surface area contributed by atoms with Crippen molar-refractivity contribution in [3.8, 4) is 22.1 Å². The first-order valence-electron chi connectivity index (χ1n) is 12.0. The summed E-state index contributed by atoms with van der Waals surface area (Å²) in [7, 11) is 1.93. The van der Waals surface area contributed by atoms with Gasteiger partial charge in [0, 0.05) is 43.2 Å². The lowest BCUT2D eigenvalue weighted by atomic mass is 10.2. The summed E-state index contributed by atoms with van der Waals surface area (Å²) < 4.78 is 6.25. The van der Waals surface area contributed by atoms with Crippen LogP contribution in [0.2, 0.25) is 0 Å². The van der Waals surface area contributed by atoms with Gasteiger partial charge < -0.3 is 20.3 Å². The van der Waals surface area contributed by atoms with E-state index in [1.807, 2.05) is 54.4 Å². The minimum atomic E-state index is 0.00514. The molecule has 1 atom stereocenters. The van der Waals surface area contributed by atoms with Gasteiger partial charge in [-0.1, -0.05) is 48.6 Å². The lowest BCUT2D eigenvalue weighted by molar-refractivity contribution is 0.0789. The number of anilines is 2. The summed E-state index contributed by atoms with van der Waals surface area (Å²) in [5.41, 5.74) is 2.43. The molecule has 4 heterocycles. The highest BCUT2D eigenvalue weighted by atomic mass is 32.1. The first-order valence-corrected chi connectivity index (χ1v) is 12.8. The second-order valence-corrected chi connectivity index (χ2v) is 9.57. The molecule has 1 aromatic carbocycles. The van der Waals surface area contributed by atoms with Crippen molar-refractivity contribution in [2.75, 3.05) is 25.5 Å². The van der Waals surface area contributed by atoms with Crippen LogP contribution in [0.25, 0.3) is 11.3 Å². The van der Waals surface area contributed by atoms with E-state index in [1.54, 1.807) is 35.9 Å². The zero-order chi connectivity index (χ0) is 24.9. The Bertz CT molecular complexity index is 1330. The summed E-state index contributed by atoms with van der Waals surface area (Å²) in [6.45, 7) is 3.56. The number of nitrogens with zero attached hydrogens (tertiary/aromatic N) is 4. The third-order valence-corrected chi connectivity index (χ3v) is 7.16. The molecular weight excluding hydrogens is 472 g/mol. The van der Waals surface area contributed by atoms with E-state index in [9.17, 15) is 4.79 Å². The number of carbonyl (C=O) groups excluding carboxylic acids is 1. The van der Waals surface area contributed by atoms with Gasteiger partial charge >= 0.3 is 0 Å². The van der Waals surface area contributed by atoms with Gasteiger partial charge in [0.15, 0.2) is 0 Å². The quantitative estimate of drug-likeness (QED) is 0.346.